The Morgan fingerprint density at radius 3 is 0.929 bits per heavy atom. The zero-order valence-corrected chi connectivity index (χ0v) is 29.0. The number of rotatable bonds is 33. The summed E-state index contributed by atoms with van der Waals surface area (Å²) in [7, 11) is 0. The number of carboxylic acid groups (broad SMARTS) is 1. The number of carboxylic acids is 1. The lowest BCUT2D eigenvalue weighted by Crippen LogP contribution is -2.05. The van der Waals surface area contributed by atoms with Crippen LogP contribution in [0.3, 0.4) is 0 Å². The van der Waals surface area contributed by atoms with E-state index in [1.54, 1.807) is 0 Å². The second-order valence-corrected chi connectivity index (χ2v) is 12.7. The standard InChI is InChI=1S/C20H40O2.C18H36O2/c1-3-5-7-8-9-10-11-12-13-14-15-16-17-18-20(21)22-19-6-4-2;1-2-3-4-5-6-7-8-9-10-11-12-13-14-15-16-17-18(19)20/h3-19H2,1-2H3;2-17H2,1H3,(H,19,20). The molecule has 0 amide bonds. The maximum atomic E-state index is 11.4. The van der Waals surface area contributed by atoms with Crippen LogP contribution in [0.4, 0.5) is 0 Å². The maximum absolute atomic E-state index is 11.4. The minimum Gasteiger partial charge on any atom is -0.481 e. The molecule has 0 atom stereocenters. The van der Waals surface area contributed by atoms with E-state index in [-0.39, 0.29) is 5.97 Å². The number of hydrogen-bond acceptors (Lipinski definition) is 3. The molecule has 0 aromatic heterocycles. The first kappa shape index (κ1) is 43.1. The number of unbranched alkanes of at least 4 members (excludes halogenated alkanes) is 27. The Kier molecular flexibility index (Phi) is 41.0. The number of ether oxygens (including phenoxy) is 1. The van der Waals surface area contributed by atoms with Crippen LogP contribution in [0.2, 0.25) is 0 Å². The van der Waals surface area contributed by atoms with E-state index < -0.39 is 5.97 Å². The second kappa shape index (κ2) is 39.9. The number of hydrogen-bond donors (Lipinski definition) is 1. The quantitative estimate of drug-likeness (QED) is 0.0604. The molecule has 0 rings (SSSR count). The van der Waals surface area contributed by atoms with Crippen LogP contribution in [-0.4, -0.2) is 23.7 Å². The summed E-state index contributed by atoms with van der Waals surface area (Å²) in [5.41, 5.74) is 0. The molecule has 252 valence electrons. The van der Waals surface area contributed by atoms with Crippen LogP contribution in [0.5, 0.6) is 0 Å². The van der Waals surface area contributed by atoms with E-state index >= 15 is 0 Å². The van der Waals surface area contributed by atoms with Gasteiger partial charge in [-0.2, -0.15) is 0 Å². The van der Waals surface area contributed by atoms with Crippen molar-refractivity contribution in [3.05, 3.63) is 0 Å². The molecule has 0 saturated carbocycles. The summed E-state index contributed by atoms with van der Waals surface area (Å²) < 4.78 is 5.15. The maximum Gasteiger partial charge on any atom is 0.305 e. The molecule has 4 heteroatoms. The van der Waals surface area contributed by atoms with Gasteiger partial charge in [0.25, 0.3) is 0 Å². The monoisotopic (exact) mass is 597 g/mol. The van der Waals surface area contributed by atoms with E-state index in [4.69, 9.17) is 9.84 Å². The van der Waals surface area contributed by atoms with Crippen molar-refractivity contribution in [1.82, 2.24) is 0 Å². The topological polar surface area (TPSA) is 63.6 Å². The molecule has 0 aliphatic rings. The fourth-order valence-corrected chi connectivity index (χ4v) is 5.34. The van der Waals surface area contributed by atoms with E-state index in [0.29, 0.717) is 19.4 Å². The van der Waals surface area contributed by atoms with Crippen molar-refractivity contribution in [2.75, 3.05) is 6.61 Å². The fraction of sp³-hybridized carbons (Fsp3) is 0.947. The number of carbonyl (C=O) groups is 2. The largest absolute Gasteiger partial charge is 0.481 e. The lowest BCUT2D eigenvalue weighted by atomic mass is 10.0. The van der Waals surface area contributed by atoms with Crippen LogP contribution in [0.25, 0.3) is 0 Å². The molecule has 42 heavy (non-hydrogen) atoms. The lowest BCUT2D eigenvalue weighted by molar-refractivity contribution is -0.144. The Balaban J connectivity index is 0. The zero-order valence-electron chi connectivity index (χ0n) is 29.0. The van der Waals surface area contributed by atoms with Gasteiger partial charge in [-0.3, -0.25) is 9.59 Å². The van der Waals surface area contributed by atoms with Crippen LogP contribution >= 0.6 is 0 Å². The number of carbonyl (C=O) groups excluding carboxylic acids is 1. The highest BCUT2D eigenvalue weighted by Gasteiger charge is 2.02. The molecule has 0 aliphatic heterocycles. The van der Waals surface area contributed by atoms with Gasteiger partial charge in [-0.15, -0.1) is 0 Å². The van der Waals surface area contributed by atoms with Crippen molar-refractivity contribution in [3.8, 4) is 0 Å². The van der Waals surface area contributed by atoms with Crippen molar-refractivity contribution in [2.45, 2.75) is 226 Å². The van der Waals surface area contributed by atoms with Gasteiger partial charge in [0.15, 0.2) is 0 Å². The summed E-state index contributed by atoms with van der Waals surface area (Å²) in [5, 5.41) is 8.52. The molecule has 0 unspecified atom stereocenters. The molecule has 0 aromatic rings. The molecule has 0 aliphatic carbocycles. The van der Waals surface area contributed by atoms with Gasteiger partial charge >= 0.3 is 11.9 Å². The first-order valence-electron chi connectivity index (χ1n) is 19.0. The van der Waals surface area contributed by atoms with E-state index in [1.165, 1.54) is 161 Å². The van der Waals surface area contributed by atoms with Crippen LogP contribution in [0.15, 0.2) is 0 Å². The van der Waals surface area contributed by atoms with Gasteiger partial charge in [0.05, 0.1) is 6.61 Å². The summed E-state index contributed by atoms with van der Waals surface area (Å²) in [6.45, 7) is 7.26. The first-order valence-corrected chi connectivity index (χ1v) is 19.0. The highest BCUT2D eigenvalue weighted by Crippen LogP contribution is 2.14. The highest BCUT2D eigenvalue weighted by atomic mass is 16.5. The van der Waals surface area contributed by atoms with E-state index in [2.05, 4.69) is 20.8 Å². The van der Waals surface area contributed by atoms with Gasteiger partial charge in [0.1, 0.15) is 0 Å². The smallest absolute Gasteiger partial charge is 0.305 e. The summed E-state index contributed by atoms with van der Waals surface area (Å²) in [4.78, 5) is 21.7. The van der Waals surface area contributed by atoms with Crippen molar-refractivity contribution >= 4 is 11.9 Å². The Morgan fingerprint density at radius 2 is 0.643 bits per heavy atom. The molecule has 4 nitrogen and oxygen atoms in total. The summed E-state index contributed by atoms with van der Waals surface area (Å²) in [6.07, 6.45) is 40.3. The van der Waals surface area contributed by atoms with Crippen LogP contribution in [0.1, 0.15) is 226 Å². The third-order valence-electron chi connectivity index (χ3n) is 8.24. The van der Waals surface area contributed by atoms with Crippen molar-refractivity contribution in [1.29, 1.82) is 0 Å². The van der Waals surface area contributed by atoms with Gasteiger partial charge in [0, 0.05) is 12.8 Å². The molecular formula is C38H76O4. The second-order valence-electron chi connectivity index (χ2n) is 12.7. The summed E-state index contributed by atoms with van der Waals surface area (Å²) in [5.74, 6) is -0.656. The van der Waals surface area contributed by atoms with E-state index in [9.17, 15) is 9.59 Å². The molecule has 0 aromatic carbocycles. The lowest BCUT2D eigenvalue weighted by Gasteiger charge is -2.04. The first-order chi connectivity index (χ1) is 20.6. The molecule has 0 saturated heterocycles. The van der Waals surface area contributed by atoms with Gasteiger partial charge in [0.2, 0.25) is 0 Å². The molecular weight excluding hydrogens is 520 g/mol. The third-order valence-corrected chi connectivity index (χ3v) is 8.24. The fourth-order valence-electron chi connectivity index (χ4n) is 5.34. The highest BCUT2D eigenvalue weighted by molar-refractivity contribution is 5.69. The minimum atomic E-state index is -0.653. The molecule has 0 heterocycles. The van der Waals surface area contributed by atoms with Gasteiger partial charge < -0.3 is 9.84 Å². The molecule has 0 spiro atoms. The predicted molar refractivity (Wildman–Crippen MR) is 183 cm³/mol. The Hall–Kier alpha value is -1.06. The SMILES string of the molecule is CCCCCCCCCCCCCCCC(=O)OCCCC.CCCCCCCCCCCCCCCCCC(=O)O. The number of aliphatic carboxylic acids is 1. The van der Waals surface area contributed by atoms with Crippen LogP contribution in [0, 0.1) is 0 Å². The van der Waals surface area contributed by atoms with Crippen LogP contribution < -0.4 is 0 Å². The van der Waals surface area contributed by atoms with Crippen molar-refractivity contribution < 1.29 is 19.4 Å². The zero-order chi connectivity index (χ0) is 31.2. The van der Waals surface area contributed by atoms with Gasteiger partial charge in [-0.05, 0) is 19.3 Å². The van der Waals surface area contributed by atoms with Crippen LogP contribution in [-0.2, 0) is 14.3 Å². The average Bonchev–Trinajstić information content (AvgIpc) is 2.98. The molecule has 0 radical (unpaired) electrons. The Morgan fingerprint density at radius 1 is 0.381 bits per heavy atom. The summed E-state index contributed by atoms with van der Waals surface area (Å²) >= 11 is 0. The predicted octanol–water partition coefficient (Wildman–Crippen LogP) is 13.1. The van der Waals surface area contributed by atoms with E-state index in [0.717, 1.165) is 32.1 Å². The molecule has 0 fully saturated rings. The average molecular weight is 597 g/mol. The van der Waals surface area contributed by atoms with Crippen molar-refractivity contribution in [3.63, 3.8) is 0 Å². The minimum absolute atomic E-state index is 0.00322. The third kappa shape index (κ3) is 43.4. The van der Waals surface area contributed by atoms with E-state index in [1.807, 2.05) is 0 Å². The number of esters is 1. The van der Waals surface area contributed by atoms with Gasteiger partial charge in [-0.1, -0.05) is 194 Å². The Bertz CT molecular complexity index is 519. The normalized spacial score (nSPS) is 10.8. The van der Waals surface area contributed by atoms with Crippen molar-refractivity contribution in [2.24, 2.45) is 0 Å². The summed E-state index contributed by atoms with van der Waals surface area (Å²) in [6, 6.07) is 0. The molecule has 1 N–H and O–H groups in total. The Labute approximate surface area is 263 Å². The molecule has 0 bridgehead atoms. The van der Waals surface area contributed by atoms with Gasteiger partial charge in [-0.25, -0.2) is 0 Å².